The number of hydrogen-bond donors (Lipinski definition) is 3. The molecule has 10 aromatic carbocycles. The van der Waals surface area contributed by atoms with Gasteiger partial charge in [0, 0.05) is 109 Å². The van der Waals surface area contributed by atoms with Gasteiger partial charge in [0.1, 0.15) is 11.9 Å². The second kappa shape index (κ2) is 38.5. The van der Waals surface area contributed by atoms with Crippen molar-refractivity contribution in [1.29, 1.82) is 0 Å². The average molecular weight is 1810 g/mol. The van der Waals surface area contributed by atoms with Crippen molar-refractivity contribution in [1.82, 2.24) is 114 Å². The number of halogens is 1. The third-order valence-electron chi connectivity index (χ3n) is 23.9. The number of rotatable bonds is 16. The van der Waals surface area contributed by atoms with Crippen molar-refractivity contribution in [3.05, 3.63) is 456 Å². The van der Waals surface area contributed by atoms with Gasteiger partial charge in [-0.3, -0.25) is 24.9 Å². The maximum atomic E-state index is 10.9. The summed E-state index contributed by atoms with van der Waals surface area (Å²) in [6.45, 7) is 4.17. The summed E-state index contributed by atoms with van der Waals surface area (Å²) in [5, 5.41) is 85.2. The molecular weight excluding hydrogens is 1730 g/mol. The summed E-state index contributed by atoms with van der Waals surface area (Å²) < 4.78 is 9.06. The van der Waals surface area contributed by atoms with Crippen LogP contribution in [0.5, 0.6) is 5.75 Å². The summed E-state index contributed by atoms with van der Waals surface area (Å²) in [7, 11) is 0. The van der Waals surface area contributed by atoms with Crippen LogP contribution in [0.3, 0.4) is 0 Å². The number of benzene rings is 10. The third-order valence-corrected chi connectivity index (χ3v) is 24.3. The Morgan fingerprint density at radius 3 is 1.05 bits per heavy atom. The standard InChI is InChI=1S/C23H17ClN4O.2C22H17N5.C22H16N4O.C21H15N5O/c24-20-12-17(4-5-18(20)14-29)22-7-8-23-26-13-19(28(23)27-22)11-15-3-6-21-16(10-15)2-1-9-25-21;2*1-15(17-9-10-19-18(14-17)8-5-13-23-19)22-25-24-21-12-11-20(26-27(21)22)16-6-3-2-4-7-16;27-19-12-17-10-15(6-7-20(17)23-14-19)11-18-13-24-22-9-8-21(25-26(18)22)16-4-2-1-3-5-16;27-20(16-8-9-17-15(13-16)7-4-12-22-17)21-24-23-19-11-10-18(25-26(19)21)14-5-2-1-3-6-14/h1-10,12-13,29H,11,14H2;2*2-15H,1H3;1-10,12-14,27H,11H2;1-13,20,27H/t;2*15-;;20-/m.11.0/s1. The van der Waals surface area contributed by atoms with E-state index in [1.54, 1.807) is 23.0 Å². The molecule has 0 spiro atoms. The molecule has 0 radical (unpaired) electrons. The van der Waals surface area contributed by atoms with Crippen molar-refractivity contribution < 1.29 is 15.3 Å². The first-order valence-electron chi connectivity index (χ1n) is 44.4. The Morgan fingerprint density at radius 1 is 0.285 bits per heavy atom. The number of pyridine rings is 5. The monoisotopic (exact) mass is 1810 g/mol. The number of hydrogen-bond acceptors (Lipinski definition) is 21. The van der Waals surface area contributed by atoms with E-state index >= 15 is 0 Å². The lowest BCUT2D eigenvalue weighted by Gasteiger charge is -2.11. The molecule has 0 fully saturated rings. The van der Waals surface area contributed by atoms with Crippen LogP contribution in [0.25, 0.3) is 139 Å². The van der Waals surface area contributed by atoms with Gasteiger partial charge in [0.15, 0.2) is 45.7 Å². The molecule has 662 valence electrons. The van der Waals surface area contributed by atoms with Crippen molar-refractivity contribution >= 4 is 94.4 Å². The van der Waals surface area contributed by atoms with Crippen LogP contribution in [0.4, 0.5) is 0 Å². The predicted octanol–water partition coefficient (Wildman–Crippen LogP) is 21.3. The van der Waals surface area contributed by atoms with Crippen LogP contribution < -0.4 is 0 Å². The summed E-state index contributed by atoms with van der Waals surface area (Å²) in [6.07, 6.45) is 12.8. The number of aromatic nitrogens is 23. The number of imidazole rings is 2. The van der Waals surface area contributed by atoms with E-state index in [-0.39, 0.29) is 24.2 Å². The minimum absolute atomic E-state index is 0.0585. The lowest BCUT2D eigenvalue weighted by molar-refractivity contribution is 0.207. The molecule has 3 N–H and O–H groups in total. The van der Waals surface area contributed by atoms with E-state index in [1.807, 2.05) is 304 Å². The molecule has 0 aliphatic carbocycles. The van der Waals surface area contributed by atoms with E-state index in [1.165, 1.54) is 11.8 Å². The molecule has 0 aliphatic rings. The maximum Gasteiger partial charge on any atom is 0.187 e. The van der Waals surface area contributed by atoms with Gasteiger partial charge in [0.25, 0.3) is 0 Å². The van der Waals surface area contributed by atoms with Gasteiger partial charge in [-0.2, -0.15) is 39.0 Å². The van der Waals surface area contributed by atoms with Crippen LogP contribution >= 0.6 is 11.6 Å². The minimum atomic E-state index is -0.942. The highest BCUT2D eigenvalue weighted by Gasteiger charge is 2.24. The SMILES string of the molecule is C[C@H](c1ccc2ncccc2c1)c1nnc2ccc(-c3ccccc3)nn12.C[C@H](c1ccc2ncccc2c1)c1nnc2ccc(-c3ccccc3)nn12.OCc1ccc(-c2ccc3ncc(Cc4ccc5ncccc5c4)n3n2)cc1Cl.O[C@@H](c1ccc2ncccc2c1)c1nnc2ccc(-c3ccccc3)nn12.Oc1cnc2ccc(Cc3cnc4ccc(-c5ccccc5)nn34)cc2c1. The smallest absolute Gasteiger partial charge is 0.187 e. The fourth-order valence-electron chi connectivity index (χ4n) is 16.6. The van der Waals surface area contributed by atoms with Crippen molar-refractivity contribution in [3.63, 3.8) is 0 Å². The van der Waals surface area contributed by atoms with E-state index in [4.69, 9.17) is 32.0 Å². The van der Waals surface area contributed by atoms with Crippen molar-refractivity contribution in [3.8, 4) is 62.0 Å². The van der Waals surface area contributed by atoms with E-state index in [0.717, 1.165) is 179 Å². The number of nitrogens with zero attached hydrogens (tertiary/aromatic N) is 23. The highest BCUT2D eigenvalue weighted by molar-refractivity contribution is 6.31. The Bertz CT molecular complexity index is 8210. The lowest BCUT2D eigenvalue weighted by Crippen LogP contribution is -2.08. The van der Waals surface area contributed by atoms with Gasteiger partial charge >= 0.3 is 0 Å². The summed E-state index contributed by atoms with van der Waals surface area (Å²) in [5.41, 5.74) is 25.9. The summed E-state index contributed by atoms with van der Waals surface area (Å²) in [4.78, 5) is 30.7. The van der Waals surface area contributed by atoms with E-state index in [0.29, 0.717) is 34.9 Å². The highest BCUT2D eigenvalue weighted by atomic mass is 35.5. The summed E-state index contributed by atoms with van der Waals surface area (Å²) >= 11 is 6.25. The largest absolute Gasteiger partial charge is 0.506 e. The zero-order valence-electron chi connectivity index (χ0n) is 73.8. The predicted molar refractivity (Wildman–Crippen MR) is 532 cm³/mol. The molecule has 3 atom stereocenters. The Balaban J connectivity index is 0.000000102. The van der Waals surface area contributed by atoms with E-state index in [2.05, 4.69) is 163 Å². The van der Waals surface area contributed by atoms with Gasteiger partial charge in [-0.15, -0.1) is 30.6 Å². The topological polar surface area (TPSA) is 315 Å². The second-order valence-electron chi connectivity index (χ2n) is 32.9. The first-order chi connectivity index (χ1) is 67.3. The first kappa shape index (κ1) is 85.9. The molecule has 0 unspecified atom stereocenters. The molecule has 0 aliphatic heterocycles. The van der Waals surface area contributed by atoms with Gasteiger partial charge in [-0.1, -0.05) is 214 Å². The molecule has 15 heterocycles. The van der Waals surface area contributed by atoms with Crippen molar-refractivity contribution in [2.24, 2.45) is 0 Å². The van der Waals surface area contributed by atoms with Gasteiger partial charge in [0.2, 0.25) is 0 Å². The average Bonchev–Trinajstić information content (AvgIpc) is 1.66. The fourth-order valence-corrected chi connectivity index (χ4v) is 16.9. The molecular formula is C110H82ClN23O3. The molecule has 25 rings (SSSR count). The van der Waals surface area contributed by atoms with Crippen LogP contribution in [0.1, 0.15) is 94.0 Å². The first-order valence-corrected chi connectivity index (χ1v) is 44.8. The third kappa shape index (κ3) is 18.5. The molecule has 15 aromatic heterocycles. The fraction of sp³-hybridized carbons (Fsp3) is 0.0727. The molecule has 0 bridgehead atoms. The lowest BCUT2D eigenvalue weighted by atomic mass is 9.98. The normalized spacial score (nSPS) is 12.0. The van der Waals surface area contributed by atoms with Crippen LogP contribution in [0, 0.1) is 0 Å². The van der Waals surface area contributed by atoms with Gasteiger partial charge in [0.05, 0.1) is 92.6 Å². The zero-order chi connectivity index (χ0) is 92.7. The molecule has 137 heavy (non-hydrogen) atoms. The van der Waals surface area contributed by atoms with Crippen LogP contribution in [-0.4, -0.2) is 129 Å². The number of aliphatic hydroxyl groups excluding tert-OH is 2. The van der Waals surface area contributed by atoms with Crippen LogP contribution in [-0.2, 0) is 19.4 Å². The van der Waals surface area contributed by atoms with Crippen molar-refractivity contribution in [2.45, 2.75) is 51.2 Å². The van der Waals surface area contributed by atoms with Crippen molar-refractivity contribution in [2.75, 3.05) is 0 Å². The van der Waals surface area contributed by atoms with Gasteiger partial charge in [-0.25, -0.2) is 19.0 Å². The number of fused-ring (bicyclic) bond motifs is 10. The Kier molecular flexibility index (Phi) is 24.2. The van der Waals surface area contributed by atoms with Gasteiger partial charge < -0.3 is 15.3 Å². The molecule has 0 saturated carbocycles. The molecule has 0 amide bonds. The number of aliphatic hydroxyl groups is 2. The zero-order valence-corrected chi connectivity index (χ0v) is 74.6. The maximum absolute atomic E-state index is 10.9. The van der Waals surface area contributed by atoms with Gasteiger partial charge in [-0.05, 0) is 191 Å². The highest BCUT2D eigenvalue weighted by Crippen LogP contribution is 2.34. The Labute approximate surface area is 788 Å². The Morgan fingerprint density at radius 2 is 0.635 bits per heavy atom. The van der Waals surface area contributed by atoms with Crippen LogP contribution in [0.15, 0.2) is 389 Å². The van der Waals surface area contributed by atoms with E-state index in [9.17, 15) is 15.3 Å². The number of aromatic hydroxyl groups is 1. The Hall–Kier alpha value is -17.9. The second-order valence-corrected chi connectivity index (χ2v) is 33.3. The minimum Gasteiger partial charge on any atom is -0.506 e. The molecule has 25 aromatic rings. The molecule has 26 nitrogen and oxygen atoms in total. The summed E-state index contributed by atoms with van der Waals surface area (Å²) in [6, 6.07) is 114. The molecule has 0 saturated heterocycles. The summed E-state index contributed by atoms with van der Waals surface area (Å²) in [5.74, 6) is 2.32. The quantitative estimate of drug-likeness (QED) is 0.0809. The molecule has 27 heteroatoms. The van der Waals surface area contributed by atoms with Crippen LogP contribution in [0.2, 0.25) is 5.02 Å². The van der Waals surface area contributed by atoms with E-state index < -0.39 is 6.10 Å².